The van der Waals surface area contributed by atoms with Crippen molar-refractivity contribution < 1.29 is 23.7 Å². The fraction of sp³-hybridized carbons (Fsp3) is 0.538. The largest absolute Gasteiger partial charge is 0.496 e. The van der Waals surface area contributed by atoms with Crippen molar-refractivity contribution in [1.29, 1.82) is 0 Å². The molecular formula is C13H18O5. The maximum absolute atomic E-state index is 5.58. The Morgan fingerprint density at radius 3 is 2.00 bits per heavy atom. The van der Waals surface area contributed by atoms with Crippen LogP contribution in [0.15, 0.2) is 12.1 Å². The van der Waals surface area contributed by atoms with Gasteiger partial charge >= 0.3 is 0 Å². The minimum atomic E-state index is -0.409. The highest BCUT2D eigenvalue weighted by molar-refractivity contribution is 5.51. The molecule has 18 heavy (non-hydrogen) atoms. The lowest BCUT2D eigenvalue weighted by Gasteiger charge is -2.25. The van der Waals surface area contributed by atoms with Gasteiger partial charge in [-0.05, 0) is 12.5 Å². The first-order chi connectivity index (χ1) is 8.80. The molecule has 0 spiro atoms. The minimum absolute atomic E-state index is 0.409. The van der Waals surface area contributed by atoms with Crippen LogP contribution in [0.1, 0.15) is 18.3 Å². The van der Waals surface area contributed by atoms with Crippen molar-refractivity contribution >= 4 is 0 Å². The molecule has 0 aromatic heterocycles. The van der Waals surface area contributed by atoms with Crippen molar-refractivity contribution in [1.82, 2.24) is 0 Å². The summed E-state index contributed by atoms with van der Waals surface area (Å²) in [7, 11) is 4.79. The van der Waals surface area contributed by atoms with Crippen LogP contribution in [-0.2, 0) is 9.47 Å². The summed E-state index contributed by atoms with van der Waals surface area (Å²) in [5.74, 6) is 1.92. The standard InChI is InChI=1S/C13H18O5/c1-14-10-8-12(16-3)11(15-2)7-9(10)13-17-5-4-6-18-13/h7-8,13H,4-6H2,1-3H3. The van der Waals surface area contributed by atoms with E-state index < -0.39 is 6.29 Å². The quantitative estimate of drug-likeness (QED) is 0.823. The number of methoxy groups -OCH3 is 3. The Hall–Kier alpha value is -1.46. The molecular weight excluding hydrogens is 236 g/mol. The highest BCUT2D eigenvalue weighted by atomic mass is 16.7. The SMILES string of the molecule is COc1cc(OC)c(C2OCCCO2)cc1OC. The molecule has 5 nitrogen and oxygen atoms in total. The number of benzene rings is 1. The summed E-state index contributed by atoms with van der Waals surface area (Å²) in [6, 6.07) is 3.60. The number of rotatable bonds is 4. The second-order valence-corrected chi connectivity index (χ2v) is 3.88. The van der Waals surface area contributed by atoms with Gasteiger partial charge in [-0.15, -0.1) is 0 Å². The van der Waals surface area contributed by atoms with Crippen LogP contribution < -0.4 is 14.2 Å². The van der Waals surface area contributed by atoms with Crippen LogP contribution >= 0.6 is 0 Å². The van der Waals surface area contributed by atoms with Crippen LogP contribution in [0.2, 0.25) is 0 Å². The van der Waals surface area contributed by atoms with Crippen molar-refractivity contribution in [3.05, 3.63) is 17.7 Å². The third-order valence-corrected chi connectivity index (χ3v) is 2.82. The molecule has 0 radical (unpaired) electrons. The number of ether oxygens (including phenoxy) is 5. The molecule has 1 aromatic carbocycles. The van der Waals surface area contributed by atoms with Gasteiger partial charge < -0.3 is 23.7 Å². The van der Waals surface area contributed by atoms with E-state index in [4.69, 9.17) is 23.7 Å². The average molecular weight is 254 g/mol. The fourth-order valence-corrected chi connectivity index (χ4v) is 1.90. The van der Waals surface area contributed by atoms with Crippen molar-refractivity contribution in [3.8, 4) is 17.2 Å². The summed E-state index contributed by atoms with van der Waals surface area (Å²) in [5.41, 5.74) is 0.815. The Bertz CT molecular complexity index is 399. The maximum atomic E-state index is 5.58. The van der Waals surface area contributed by atoms with Crippen LogP contribution in [-0.4, -0.2) is 34.5 Å². The molecule has 5 heteroatoms. The Kier molecular flexibility index (Phi) is 4.28. The highest BCUT2D eigenvalue weighted by Crippen LogP contribution is 2.39. The normalized spacial score (nSPS) is 16.4. The van der Waals surface area contributed by atoms with Crippen LogP contribution in [0.4, 0.5) is 0 Å². The molecule has 1 aliphatic rings. The van der Waals surface area contributed by atoms with E-state index >= 15 is 0 Å². The highest BCUT2D eigenvalue weighted by Gasteiger charge is 2.23. The molecule has 2 rings (SSSR count). The smallest absolute Gasteiger partial charge is 0.187 e. The van der Waals surface area contributed by atoms with Gasteiger partial charge in [-0.1, -0.05) is 0 Å². The maximum Gasteiger partial charge on any atom is 0.187 e. The van der Waals surface area contributed by atoms with E-state index in [-0.39, 0.29) is 0 Å². The van der Waals surface area contributed by atoms with Crippen molar-refractivity contribution in [2.45, 2.75) is 12.7 Å². The second kappa shape index (κ2) is 5.93. The van der Waals surface area contributed by atoms with E-state index in [9.17, 15) is 0 Å². The van der Waals surface area contributed by atoms with Crippen LogP contribution in [0.25, 0.3) is 0 Å². The predicted molar refractivity (Wildman–Crippen MR) is 65.4 cm³/mol. The van der Waals surface area contributed by atoms with Crippen LogP contribution in [0, 0.1) is 0 Å². The van der Waals surface area contributed by atoms with E-state index in [0.29, 0.717) is 30.5 Å². The molecule has 1 heterocycles. The molecule has 100 valence electrons. The summed E-state index contributed by atoms with van der Waals surface area (Å²) in [5, 5.41) is 0. The van der Waals surface area contributed by atoms with Crippen LogP contribution in [0.3, 0.4) is 0 Å². The van der Waals surface area contributed by atoms with E-state index in [1.54, 1.807) is 27.4 Å². The average Bonchev–Trinajstić information content (AvgIpc) is 2.46. The lowest BCUT2D eigenvalue weighted by Crippen LogP contribution is -2.18. The van der Waals surface area contributed by atoms with Crippen LogP contribution in [0.5, 0.6) is 17.2 Å². The Balaban J connectivity index is 2.37. The monoisotopic (exact) mass is 254 g/mol. The number of hydrogen-bond donors (Lipinski definition) is 0. The van der Waals surface area contributed by atoms with Gasteiger partial charge in [-0.25, -0.2) is 0 Å². The fourth-order valence-electron chi connectivity index (χ4n) is 1.90. The zero-order chi connectivity index (χ0) is 13.0. The van der Waals surface area contributed by atoms with E-state index in [1.807, 2.05) is 6.07 Å². The van der Waals surface area contributed by atoms with Gasteiger partial charge in [0.15, 0.2) is 17.8 Å². The van der Waals surface area contributed by atoms with Gasteiger partial charge in [-0.3, -0.25) is 0 Å². The summed E-state index contributed by atoms with van der Waals surface area (Å²) < 4.78 is 27.0. The topological polar surface area (TPSA) is 46.2 Å². The third kappa shape index (κ3) is 2.52. The Morgan fingerprint density at radius 2 is 1.44 bits per heavy atom. The van der Waals surface area contributed by atoms with Gasteiger partial charge in [0.1, 0.15) is 5.75 Å². The zero-order valence-corrected chi connectivity index (χ0v) is 10.9. The van der Waals surface area contributed by atoms with Gasteiger partial charge in [0.05, 0.1) is 40.1 Å². The molecule has 1 aromatic rings. The Labute approximate surface area is 107 Å². The third-order valence-electron chi connectivity index (χ3n) is 2.82. The van der Waals surface area contributed by atoms with Gasteiger partial charge in [-0.2, -0.15) is 0 Å². The first kappa shape index (κ1) is 13.0. The Morgan fingerprint density at radius 1 is 0.889 bits per heavy atom. The summed E-state index contributed by atoms with van der Waals surface area (Å²) in [6.07, 6.45) is 0.500. The molecule has 0 saturated carbocycles. The molecule has 1 saturated heterocycles. The molecule has 1 fully saturated rings. The molecule has 0 N–H and O–H groups in total. The zero-order valence-electron chi connectivity index (χ0n) is 10.9. The second-order valence-electron chi connectivity index (χ2n) is 3.88. The van der Waals surface area contributed by atoms with Crippen molar-refractivity contribution in [2.75, 3.05) is 34.5 Å². The molecule has 0 atom stereocenters. The lowest BCUT2D eigenvalue weighted by molar-refractivity contribution is -0.183. The molecule has 0 bridgehead atoms. The summed E-state index contributed by atoms with van der Waals surface area (Å²) in [6.45, 7) is 1.37. The first-order valence-corrected chi connectivity index (χ1v) is 5.83. The predicted octanol–water partition coefficient (Wildman–Crippen LogP) is 2.15. The summed E-state index contributed by atoms with van der Waals surface area (Å²) in [4.78, 5) is 0. The van der Waals surface area contributed by atoms with Gasteiger partial charge in [0.25, 0.3) is 0 Å². The van der Waals surface area contributed by atoms with Crippen molar-refractivity contribution in [3.63, 3.8) is 0 Å². The van der Waals surface area contributed by atoms with E-state index in [2.05, 4.69) is 0 Å². The first-order valence-electron chi connectivity index (χ1n) is 5.83. The molecule has 1 aliphatic heterocycles. The van der Waals surface area contributed by atoms with E-state index in [1.165, 1.54) is 0 Å². The molecule has 0 amide bonds. The lowest BCUT2D eigenvalue weighted by atomic mass is 10.1. The van der Waals surface area contributed by atoms with Gasteiger partial charge in [0.2, 0.25) is 0 Å². The summed E-state index contributed by atoms with van der Waals surface area (Å²) >= 11 is 0. The molecule has 0 unspecified atom stereocenters. The number of hydrogen-bond acceptors (Lipinski definition) is 5. The minimum Gasteiger partial charge on any atom is -0.496 e. The van der Waals surface area contributed by atoms with E-state index in [0.717, 1.165) is 12.0 Å². The van der Waals surface area contributed by atoms with Crippen molar-refractivity contribution in [2.24, 2.45) is 0 Å². The molecule has 0 aliphatic carbocycles. The van der Waals surface area contributed by atoms with Gasteiger partial charge in [0, 0.05) is 6.07 Å².